The van der Waals surface area contributed by atoms with Crippen molar-refractivity contribution >= 4 is 29.1 Å². The second-order valence-electron chi connectivity index (χ2n) is 3.91. The van der Waals surface area contributed by atoms with Crippen molar-refractivity contribution in [3.8, 4) is 5.75 Å². The van der Waals surface area contributed by atoms with Gasteiger partial charge in [-0.3, -0.25) is 4.79 Å². The topological polar surface area (TPSA) is 29.5 Å². The fourth-order valence-corrected chi connectivity index (χ4v) is 1.90. The molecule has 0 bridgehead atoms. The van der Waals surface area contributed by atoms with Crippen molar-refractivity contribution < 1.29 is 9.53 Å². The number of alkyl halides is 2. The summed E-state index contributed by atoms with van der Waals surface area (Å²) in [5, 5.41) is 0. The van der Waals surface area contributed by atoms with Gasteiger partial charge in [0.15, 0.2) is 4.84 Å². The number of hydrogen-bond donors (Lipinski definition) is 0. The molecule has 0 atom stereocenters. The van der Waals surface area contributed by atoms with Gasteiger partial charge in [-0.25, -0.2) is 0 Å². The molecule has 0 aliphatic heterocycles. The Hall–Kier alpha value is -0.930. The monoisotopic (exact) mass is 289 g/mol. The van der Waals surface area contributed by atoms with Crippen molar-refractivity contribution in [2.24, 2.45) is 0 Å². The molecule has 0 N–H and O–H groups in total. The summed E-state index contributed by atoms with van der Waals surface area (Å²) in [6, 6.07) is 7.57. The van der Waals surface area contributed by atoms with Crippen LogP contribution in [0.4, 0.5) is 0 Å². The maximum atomic E-state index is 11.8. The maximum absolute atomic E-state index is 11.8. The van der Waals surface area contributed by atoms with Gasteiger partial charge in [0, 0.05) is 13.1 Å². The predicted octanol–water partition coefficient (Wildman–Crippen LogP) is 3.24. The van der Waals surface area contributed by atoms with E-state index in [0.717, 1.165) is 17.7 Å². The van der Waals surface area contributed by atoms with Gasteiger partial charge in [0.05, 0.1) is 7.11 Å². The lowest BCUT2D eigenvalue weighted by atomic mass is 10.2. The SMILES string of the molecule is CCCN(Cc1ccc(OC)cc1)C(=O)C(Cl)Cl. The molecular weight excluding hydrogens is 273 g/mol. The standard InChI is InChI=1S/C13H17Cl2NO2/c1-3-8-16(13(17)12(14)15)9-10-4-6-11(18-2)7-5-10/h4-7,12H,3,8-9H2,1-2H3. The van der Waals surface area contributed by atoms with Crippen molar-refractivity contribution in [3.05, 3.63) is 29.8 Å². The Morgan fingerprint density at radius 1 is 1.33 bits per heavy atom. The van der Waals surface area contributed by atoms with Crippen molar-refractivity contribution in [3.63, 3.8) is 0 Å². The smallest absolute Gasteiger partial charge is 0.256 e. The highest BCUT2D eigenvalue weighted by Crippen LogP contribution is 2.15. The van der Waals surface area contributed by atoms with Crippen LogP contribution in [0.5, 0.6) is 5.75 Å². The molecule has 0 spiro atoms. The Bertz CT molecular complexity index is 379. The number of halogens is 2. The largest absolute Gasteiger partial charge is 0.497 e. The van der Waals surface area contributed by atoms with E-state index in [9.17, 15) is 4.79 Å². The molecule has 3 nitrogen and oxygen atoms in total. The van der Waals surface area contributed by atoms with Gasteiger partial charge in [-0.05, 0) is 24.1 Å². The summed E-state index contributed by atoms with van der Waals surface area (Å²) in [6.07, 6.45) is 0.863. The minimum Gasteiger partial charge on any atom is -0.497 e. The highest BCUT2D eigenvalue weighted by molar-refractivity contribution is 6.53. The van der Waals surface area contributed by atoms with Crippen LogP contribution in [0.15, 0.2) is 24.3 Å². The molecule has 0 unspecified atom stereocenters. The summed E-state index contributed by atoms with van der Waals surface area (Å²) in [4.78, 5) is 12.5. The van der Waals surface area contributed by atoms with Crippen LogP contribution in [0.25, 0.3) is 0 Å². The zero-order valence-corrected chi connectivity index (χ0v) is 12.0. The number of carbonyl (C=O) groups excluding carboxylic acids is 1. The van der Waals surface area contributed by atoms with E-state index in [1.807, 2.05) is 31.2 Å². The molecule has 0 fully saturated rings. The van der Waals surface area contributed by atoms with Crippen molar-refractivity contribution in [2.75, 3.05) is 13.7 Å². The zero-order chi connectivity index (χ0) is 13.5. The second-order valence-corrected chi connectivity index (χ2v) is 5.00. The van der Waals surface area contributed by atoms with E-state index >= 15 is 0 Å². The molecule has 0 saturated heterocycles. The first kappa shape index (κ1) is 15.1. The van der Waals surface area contributed by atoms with E-state index < -0.39 is 4.84 Å². The first-order valence-corrected chi connectivity index (χ1v) is 6.65. The average Bonchev–Trinajstić information content (AvgIpc) is 2.38. The number of benzene rings is 1. The number of amides is 1. The first-order chi connectivity index (χ1) is 8.58. The van der Waals surface area contributed by atoms with Gasteiger partial charge in [-0.1, -0.05) is 42.3 Å². The van der Waals surface area contributed by atoms with Gasteiger partial charge >= 0.3 is 0 Å². The Balaban J connectivity index is 2.73. The Morgan fingerprint density at radius 3 is 2.39 bits per heavy atom. The molecule has 0 saturated carbocycles. The van der Waals surface area contributed by atoms with Crippen molar-refractivity contribution in [1.82, 2.24) is 4.90 Å². The van der Waals surface area contributed by atoms with E-state index in [1.54, 1.807) is 12.0 Å². The average molecular weight is 290 g/mol. The van der Waals surface area contributed by atoms with Crippen LogP contribution < -0.4 is 4.74 Å². The summed E-state index contributed by atoms with van der Waals surface area (Å²) < 4.78 is 5.08. The number of hydrogen-bond acceptors (Lipinski definition) is 2. The molecule has 1 aromatic rings. The lowest BCUT2D eigenvalue weighted by molar-refractivity contribution is -0.130. The fourth-order valence-electron chi connectivity index (χ4n) is 1.63. The van der Waals surface area contributed by atoms with E-state index in [2.05, 4.69) is 0 Å². The Labute approximate surface area is 118 Å². The summed E-state index contributed by atoms with van der Waals surface area (Å²) in [5.41, 5.74) is 1.02. The molecule has 0 aromatic heterocycles. The molecule has 1 amide bonds. The molecule has 0 radical (unpaired) electrons. The highest BCUT2D eigenvalue weighted by atomic mass is 35.5. The number of ether oxygens (including phenoxy) is 1. The Kier molecular flexibility index (Phi) is 6.30. The van der Waals surface area contributed by atoms with E-state index in [1.165, 1.54) is 0 Å². The van der Waals surface area contributed by atoms with Gasteiger partial charge in [-0.2, -0.15) is 0 Å². The lowest BCUT2D eigenvalue weighted by Crippen LogP contribution is -2.35. The van der Waals surface area contributed by atoms with Gasteiger partial charge in [0.1, 0.15) is 5.75 Å². The molecular formula is C13H17Cl2NO2. The van der Waals surface area contributed by atoms with Gasteiger partial charge in [-0.15, -0.1) is 0 Å². The zero-order valence-electron chi connectivity index (χ0n) is 10.5. The van der Waals surface area contributed by atoms with Crippen LogP contribution in [0, 0.1) is 0 Å². The quantitative estimate of drug-likeness (QED) is 0.753. The van der Waals surface area contributed by atoms with E-state index in [-0.39, 0.29) is 5.91 Å². The second kappa shape index (κ2) is 7.49. The summed E-state index contributed by atoms with van der Waals surface area (Å²) in [7, 11) is 1.62. The van der Waals surface area contributed by atoms with E-state index in [0.29, 0.717) is 13.1 Å². The van der Waals surface area contributed by atoms with Gasteiger partial charge in [0.25, 0.3) is 5.91 Å². The third-order valence-corrected chi connectivity index (χ3v) is 2.90. The molecule has 0 heterocycles. The van der Waals surface area contributed by atoms with Crippen molar-refractivity contribution in [1.29, 1.82) is 0 Å². The normalized spacial score (nSPS) is 10.5. The molecule has 1 aromatic carbocycles. The number of nitrogens with zero attached hydrogens (tertiary/aromatic N) is 1. The van der Waals surface area contributed by atoms with E-state index in [4.69, 9.17) is 27.9 Å². The van der Waals surface area contributed by atoms with Crippen LogP contribution in [-0.4, -0.2) is 29.3 Å². The molecule has 0 aliphatic rings. The highest BCUT2D eigenvalue weighted by Gasteiger charge is 2.19. The Morgan fingerprint density at radius 2 is 1.94 bits per heavy atom. The number of methoxy groups -OCH3 is 1. The molecule has 18 heavy (non-hydrogen) atoms. The summed E-state index contributed by atoms with van der Waals surface area (Å²) in [6.45, 7) is 3.15. The molecule has 0 aliphatic carbocycles. The number of rotatable bonds is 6. The predicted molar refractivity (Wildman–Crippen MR) is 74.2 cm³/mol. The van der Waals surface area contributed by atoms with Crippen LogP contribution in [0.3, 0.4) is 0 Å². The van der Waals surface area contributed by atoms with Gasteiger partial charge < -0.3 is 9.64 Å². The van der Waals surface area contributed by atoms with Gasteiger partial charge in [0.2, 0.25) is 0 Å². The summed E-state index contributed by atoms with van der Waals surface area (Å²) >= 11 is 11.3. The van der Waals surface area contributed by atoms with Crippen molar-refractivity contribution in [2.45, 2.75) is 24.7 Å². The third-order valence-electron chi connectivity index (χ3n) is 2.52. The van der Waals surface area contributed by atoms with Crippen LogP contribution >= 0.6 is 23.2 Å². The fraction of sp³-hybridized carbons (Fsp3) is 0.462. The third kappa shape index (κ3) is 4.39. The maximum Gasteiger partial charge on any atom is 0.256 e. The molecule has 5 heteroatoms. The molecule has 100 valence electrons. The summed E-state index contributed by atoms with van der Waals surface area (Å²) in [5.74, 6) is 0.538. The minimum atomic E-state index is -1.00. The van der Waals surface area contributed by atoms with Crippen LogP contribution in [0.1, 0.15) is 18.9 Å². The van der Waals surface area contributed by atoms with Crippen LogP contribution in [-0.2, 0) is 11.3 Å². The lowest BCUT2D eigenvalue weighted by Gasteiger charge is -2.22. The number of carbonyl (C=O) groups is 1. The van der Waals surface area contributed by atoms with Crippen LogP contribution in [0.2, 0.25) is 0 Å². The minimum absolute atomic E-state index is 0.254. The first-order valence-electron chi connectivity index (χ1n) is 5.78. The molecule has 1 rings (SSSR count).